The van der Waals surface area contributed by atoms with E-state index in [1.54, 1.807) is 4.57 Å². The Morgan fingerprint density at radius 1 is 1.36 bits per heavy atom. The van der Waals surface area contributed by atoms with Crippen molar-refractivity contribution in [3.8, 4) is 5.75 Å². The van der Waals surface area contributed by atoms with Gasteiger partial charge in [-0.3, -0.25) is 4.79 Å². The Kier molecular flexibility index (Phi) is 4.76. The fourth-order valence-corrected chi connectivity index (χ4v) is 3.18. The molecule has 2 heterocycles. The molecule has 1 N–H and O–H groups in total. The molecule has 0 bridgehead atoms. The first-order valence-corrected chi connectivity index (χ1v) is 8.36. The van der Waals surface area contributed by atoms with Gasteiger partial charge in [-0.15, -0.1) is 0 Å². The van der Waals surface area contributed by atoms with E-state index >= 15 is 0 Å². The molecule has 1 fully saturated rings. The third-order valence-corrected chi connectivity index (χ3v) is 4.66. The van der Waals surface area contributed by atoms with Crippen LogP contribution in [-0.4, -0.2) is 46.8 Å². The monoisotopic (exact) mass is 348 g/mol. The van der Waals surface area contributed by atoms with Gasteiger partial charge in [0.15, 0.2) is 11.6 Å². The first-order valence-electron chi connectivity index (χ1n) is 8.36. The summed E-state index contributed by atoms with van der Waals surface area (Å²) in [7, 11) is 2.03. The average Bonchev–Trinajstić information content (AvgIpc) is 2.58. The maximum atomic E-state index is 14.5. The van der Waals surface area contributed by atoms with Crippen LogP contribution in [0.3, 0.4) is 0 Å². The molecule has 7 heteroatoms. The minimum absolute atomic E-state index is 0.0509. The molecule has 1 aliphatic heterocycles. The van der Waals surface area contributed by atoms with Crippen LogP contribution in [0.1, 0.15) is 30.1 Å². The quantitative estimate of drug-likeness (QED) is 0.918. The third-order valence-electron chi connectivity index (χ3n) is 4.66. The molecule has 0 aliphatic carbocycles. The smallest absolute Gasteiger partial charge is 0.341 e. The molecule has 3 rings (SSSR count). The Balaban J connectivity index is 2.05. The number of carboxylic acids is 1. The molecular weight excluding hydrogens is 327 g/mol. The Labute approximate surface area is 144 Å². The number of pyridine rings is 1. The number of benzene rings is 1. The first kappa shape index (κ1) is 17.4. The summed E-state index contributed by atoms with van der Waals surface area (Å²) >= 11 is 0. The normalized spacial score (nSPS) is 16.3. The number of hydrogen-bond donors (Lipinski definition) is 1. The minimum Gasteiger partial charge on any atom is -0.487 e. The van der Waals surface area contributed by atoms with Crippen LogP contribution >= 0.6 is 0 Å². The Bertz CT molecular complexity index is 869. The lowest BCUT2D eigenvalue weighted by atomic mass is 10.1. The summed E-state index contributed by atoms with van der Waals surface area (Å²) in [6.45, 7) is 4.07. The molecule has 0 atom stereocenters. The van der Waals surface area contributed by atoms with Crippen molar-refractivity contribution in [3.05, 3.63) is 39.9 Å². The molecular formula is C18H21FN2O4. The lowest BCUT2D eigenvalue weighted by Gasteiger charge is -2.29. The fourth-order valence-electron chi connectivity index (χ4n) is 3.18. The van der Waals surface area contributed by atoms with Crippen LogP contribution in [0.25, 0.3) is 10.9 Å². The molecule has 0 unspecified atom stereocenters. The van der Waals surface area contributed by atoms with Crippen molar-refractivity contribution in [1.29, 1.82) is 0 Å². The zero-order valence-corrected chi connectivity index (χ0v) is 14.3. The van der Waals surface area contributed by atoms with E-state index in [9.17, 15) is 19.1 Å². The van der Waals surface area contributed by atoms with Gasteiger partial charge in [0.25, 0.3) is 0 Å². The highest BCUT2D eigenvalue weighted by Crippen LogP contribution is 2.26. The molecule has 25 heavy (non-hydrogen) atoms. The van der Waals surface area contributed by atoms with E-state index in [2.05, 4.69) is 4.90 Å². The number of aromatic nitrogens is 1. The van der Waals surface area contributed by atoms with Crippen molar-refractivity contribution in [2.24, 2.45) is 0 Å². The second kappa shape index (κ2) is 6.84. The minimum atomic E-state index is -1.32. The van der Waals surface area contributed by atoms with E-state index in [0.717, 1.165) is 32.0 Å². The third kappa shape index (κ3) is 3.37. The molecule has 6 nitrogen and oxygen atoms in total. The van der Waals surface area contributed by atoms with Crippen molar-refractivity contribution in [1.82, 2.24) is 9.47 Å². The number of aromatic carboxylic acids is 1. The summed E-state index contributed by atoms with van der Waals surface area (Å²) in [5, 5.41) is 9.22. The number of carbonyl (C=O) groups is 1. The molecule has 0 amide bonds. The second-order valence-corrected chi connectivity index (χ2v) is 6.38. The van der Waals surface area contributed by atoms with Crippen molar-refractivity contribution >= 4 is 16.9 Å². The number of hydrogen-bond acceptors (Lipinski definition) is 4. The lowest BCUT2D eigenvalue weighted by Crippen LogP contribution is -2.35. The summed E-state index contributed by atoms with van der Waals surface area (Å²) in [5.41, 5.74) is -0.573. The maximum absolute atomic E-state index is 14.5. The van der Waals surface area contributed by atoms with Crippen LogP contribution in [0.4, 0.5) is 4.39 Å². The highest BCUT2D eigenvalue weighted by molar-refractivity contribution is 5.92. The van der Waals surface area contributed by atoms with E-state index < -0.39 is 17.2 Å². The summed E-state index contributed by atoms with van der Waals surface area (Å²) in [6.07, 6.45) is 2.85. The van der Waals surface area contributed by atoms with E-state index in [1.807, 2.05) is 14.0 Å². The molecule has 1 aromatic heterocycles. The Morgan fingerprint density at radius 2 is 2.04 bits per heavy atom. The first-order chi connectivity index (χ1) is 11.9. The zero-order chi connectivity index (χ0) is 18.1. The predicted molar refractivity (Wildman–Crippen MR) is 91.9 cm³/mol. The number of likely N-dealkylation sites (tertiary alicyclic amines) is 1. The molecule has 0 saturated carbocycles. The summed E-state index contributed by atoms with van der Waals surface area (Å²) in [5.74, 6) is -1.86. The SMILES string of the molecule is CCn1cc(C(=O)O)c(=O)c2cc(F)c(OC3CCN(C)CC3)cc21. The number of piperidine rings is 1. The Morgan fingerprint density at radius 3 is 2.64 bits per heavy atom. The molecule has 2 aromatic rings. The molecule has 1 saturated heterocycles. The van der Waals surface area contributed by atoms with Gasteiger partial charge in [0, 0.05) is 37.3 Å². The van der Waals surface area contributed by atoms with Gasteiger partial charge in [-0.05, 0) is 32.9 Å². The van der Waals surface area contributed by atoms with Gasteiger partial charge in [0.2, 0.25) is 5.43 Å². The van der Waals surface area contributed by atoms with E-state index in [-0.39, 0.29) is 22.8 Å². The number of fused-ring (bicyclic) bond motifs is 1. The van der Waals surface area contributed by atoms with E-state index in [0.29, 0.717) is 12.1 Å². The summed E-state index contributed by atoms with van der Waals surface area (Å²) in [4.78, 5) is 25.8. The van der Waals surface area contributed by atoms with Crippen LogP contribution < -0.4 is 10.2 Å². The van der Waals surface area contributed by atoms with Gasteiger partial charge in [-0.1, -0.05) is 0 Å². The van der Waals surface area contributed by atoms with Crippen LogP contribution in [-0.2, 0) is 6.54 Å². The lowest BCUT2D eigenvalue weighted by molar-refractivity contribution is 0.0695. The van der Waals surface area contributed by atoms with Crippen molar-refractivity contribution in [3.63, 3.8) is 0 Å². The fraction of sp³-hybridized carbons (Fsp3) is 0.444. The van der Waals surface area contributed by atoms with Crippen molar-refractivity contribution < 1.29 is 19.0 Å². The van der Waals surface area contributed by atoms with Gasteiger partial charge >= 0.3 is 5.97 Å². The average molecular weight is 348 g/mol. The van der Waals surface area contributed by atoms with Crippen molar-refractivity contribution in [2.75, 3.05) is 20.1 Å². The molecule has 1 aromatic carbocycles. The standard InChI is InChI=1S/C18H21FN2O4/c1-3-21-10-13(18(23)24)17(22)12-8-14(19)16(9-15(12)21)25-11-4-6-20(2)7-5-11/h8-11H,3-7H2,1-2H3,(H,23,24). The number of aryl methyl sites for hydroxylation is 1. The highest BCUT2D eigenvalue weighted by Gasteiger charge is 2.21. The summed E-state index contributed by atoms with van der Waals surface area (Å²) < 4.78 is 21.9. The van der Waals surface area contributed by atoms with Crippen LogP contribution in [0, 0.1) is 5.82 Å². The number of halogens is 1. The number of nitrogens with zero attached hydrogens (tertiary/aromatic N) is 2. The Hall–Kier alpha value is -2.41. The summed E-state index contributed by atoms with van der Waals surface area (Å²) in [6, 6.07) is 2.58. The van der Waals surface area contributed by atoms with Crippen molar-refractivity contribution in [2.45, 2.75) is 32.4 Å². The van der Waals surface area contributed by atoms with Gasteiger partial charge in [-0.25, -0.2) is 9.18 Å². The molecule has 1 aliphatic rings. The maximum Gasteiger partial charge on any atom is 0.341 e. The number of ether oxygens (including phenoxy) is 1. The molecule has 0 spiro atoms. The van der Waals surface area contributed by atoms with E-state index in [1.165, 1.54) is 12.3 Å². The van der Waals surface area contributed by atoms with Crippen LogP contribution in [0.15, 0.2) is 23.1 Å². The largest absolute Gasteiger partial charge is 0.487 e. The second-order valence-electron chi connectivity index (χ2n) is 6.38. The number of carboxylic acid groups (broad SMARTS) is 1. The number of rotatable bonds is 4. The molecule has 134 valence electrons. The van der Waals surface area contributed by atoms with Crippen LogP contribution in [0.2, 0.25) is 0 Å². The molecule has 0 radical (unpaired) electrons. The van der Waals surface area contributed by atoms with Gasteiger partial charge in [-0.2, -0.15) is 0 Å². The predicted octanol–water partition coefficient (Wildman–Crippen LogP) is 2.33. The topological polar surface area (TPSA) is 71.8 Å². The van der Waals surface area contributed by atoms with Gasteiger partial charge in [0.1, 0.15) is 11.7 Å². The van der Waals surface area contributed by atoms with Gasteiger partial charge < -0.3 is 19.3 Å². The van der Waals surface area contributed by atoms with Crippen LogP contribution in [0.5, 0.6) is 5.75 Å². The zero-order valence-electron chi connectivity index (χ0n) is 14.3. The van der Waals surface area contributed by atoms with Gasteiger partial charge in [0.05, 0.1) is 5.52 Å². The highest BCUT2D eigenvalue weighted by atomic mass is 19.1. The van der Waals surface area contributed by atoms with E-state index in [4.69, 9.17) is 4.74 Å².